The first-order chi connectivity index (χ1) is 11.9. The van der Waals surface area contributed by atoms with Crippen molar-refractivity contribution < 1.29 is 0 Å². The molecule has 1 aliphatic heterocycles. The first-order valence-electron chi connectivity index (χ1n) is 7.55. The van der Waals surface area contributed by atoms with Gasteiger partial charge in [-0.3, -0.25) is 14.9 Å². The van der Waals surface area contributed by atoms with Crippen LogP contribution in [0.4, 0.5) is 5.82 Å². The molecule has 3 aromatic rings. The van der Waals surface area contributed by atoms with E-state index in [9.17, 15) is 0 Å². The maximum Gasteiger partial charge on any atom is 0.185 e. The van der Waals surface area contributed by atoms with Gasteiger partial charge in [-0.25, -0.2) is 15.0 Å². The molecule has 0 saturated heterocycles. The Morgan fingerprint density at radius 3 is 2.17 bits per heavy atom. The van der Waals surface area contributed by atoms with E-state index in [-0.39, 0.29) is 6.17 Å². The molecule has 1 unspecified atom stereocenters. The SMILES string of the molecule is C1=NC(c2ccccn2)N=C(c2ccccn2)N1c1ccccn1. The quantitative estimate of drug-likeness (QED) is 0.745. The van der Waals surface area contributed by atoms with E-state index in [1.165, 1.54) is 0 Å². The van der Waals surface area contributed by atoms with Gasteiger partial charge in [0, 0.05) is 18.6 Å². The second-order valence-corrected chi connectivity index (χ2v) is 5.12. The molecule has 24 heavy (non-hydrogen) atoms. The Bertz CT molecular complexity index is 862. The van der Waals surface area contributed by atoms with E-state index in [2.05, 4.69) is 19.9 Å². The summed E-state index contributed by atoms with van der Waals surface area (Å²) in [5, 5.41) is 0. The third-order valence-electron chi connectivity index (χ3n) is 3.54. The molecule has 0 fully saturated rings. The number of hydrogen-bond acceptors (Lipinski definition) is 6. The van der Waals surface area contributed by atoms with Crippen LogP contribution in [-0.4, -0.2) is 27.1 Å². The van der Waals surface area contributed by atoms with E-state index in [1.807, 2.05) is 59.5 Å². The van der Waals surface area contributed by atoms with Crippen molar-refractivity contribution in [2.24, 2.45) is 9.98 Å². The Hall–Kier alpha value is -3.41. The normalized spacial score (nSPS) is 16.8. The molecule has 6 heteroatoms. The van der Waals surface area contributed by atoms with Crippen LogP contribution < -0.4 is 4.90 Å². The zero-order valence-electron chi connectivity index (χ0n) is 12.8. The van der Waals surface area contributed by atoms with Crippen LogP contribution in [0, 0.1) is 0 Å². The molecular weight excluding hydrogens is 300 g/mol. The Morgan fingerprint density at radius 2 is 1.50 bits per heavy atom. The molecule has 0 N–H and O–H groups in total. The molecular formula is C18H14N6. The van der Waals surface area contributed by atoms with Crippen LogP contribution in [0.2, 0.25) is 0 Å². The van der Waals surface area contributed by atoms with E-state index >= 15 is 0 Å². The topological polar surface area (TPSA) is 66.6 Å². The molecule has 0 amide bonds. The van der Waals surface area contributed by atoms with Gasteiger partial charge in [0.25, 0.3) is 0 Å². The lowest BCUT2D eigenvalue weighted by molar-refractivity contribution is 0.737. The smallest absolute Gasteiger partial charge is 0.185 e. The van der Waals surface area contributed by atoms with Gasteiger partial charge in [0.15, 0.2) is 12.0 Å². The van der Waals surface area contributed by atoms with E-state index in [0.717, 1.165) is 17.2 Å². The van der Waals surface area contributed by atoms with E-state index < -0.39 is 0 Å². The van der Waals surface area contributed by atoms with Gasteiger partial charge in [-0.05, 0) is 36.4 Å². The lowest BCUT2D eigenvalue weighted by atomic mass is 10.2. The molecule has 0 aliphatic carbocycles. The zero-order valence-corrected chi connectivity index (χ0v) is 12.8. The summed E-state index contributed by atoms with van der Waals surface area (Å²) in [6, 6.07) is 17.2. The van der Waals surface area contributed by atoms with Gasteiger partial charge in [-0.1, -0.05) is 18.2 Å². The monoisotopic (exact) mass is 314 g/mol. The van der Waals surface area contributed by atoms with E-state index in [1.54, 1.807) is 24.9 Å². The Kier molecular flexibility index (Phi) is 3.77. The number of rotatable bonds is 3. The standard InChI is InChI=1S/C18H14N6/c1-4-10-19-14(7-1)17-22-13-24(16-9-3-6-12-21-16)18(23-17)15-8-2-5-11-20-15/h1-13,17H. The fraction of sp³-hybridized carbons (Fsp3) is 0.0556. The van der Waals surface area contributed by atoms with Crippen molar-refractivity contribution in [1.29, 1.82) is 0 Å². The molecule has 0 saturated carbocycles. The highest BCUT2D eigenvalue weighted by atomic mass is 15.3. The predicted molar refractivity (Wildman–Crippen MR) is 93.0 cm³/mol. The fourth-order valence-corrected chi connectivity index (χ4v) is 2.42. The number of hydrogen-bond donors (Lipinski definition) is 0. The summed E-state index contributed by atoms with van der Waals surface area (Å²) in [5.74, 6) is 1.44. The highest BCUT2D eigenvalue weighted by Crippen LogP contribution is 2.24. The number of aromatic nitrogens is 3. The predicted octanol–water partition coefficient (Wildman–Crippen LogP) is 2.87. The minimum absolute atomic E-state index is 0.386. The second-order valence-electron chi connectivity index (χ2n) is 5.12. The van der Waals surface area contributed by atoms with Crippen LogP contribution in [0.1, 0.15) is 17.6 Å². The molecule has 4 heterocycles. The highest BCUT2D eigenvalue weighted by Gasteiger charge is 2.23. The van der Waals surface area contributed by atoms with Gasteiger partial charge in [-0.15, -0.1) is 0 Å². The van der Waals surface area contributed by atoms with Crippen molar-refractivity contribution >= 4 is 18.0 Å². The van der Waals surface area contributed by atoms with Crippen molar-refractivity contribution in [3.05, 3.63) is 84.6 Å². The van der Waals surface area contributed by atoms with E-state index in [0.29, 0.717) is 5.84 Å². The third kappa shape index (κ3) is 2.77. The lowest BCUT2D eigenvalue weighted by Crippen LogP contribution is -2.35. The molecule has 0 radical (unpaired) electrons. The zero-order chi connectivity index (χ0) is 16.2. The molecule has 116 valence electrons. The number of nitrogens with zero attached hydrogens (tertiary/aromatic N) is 6. The summed E-state index contributed by atoms with van der Waals surface area (Å²) in [6.07, 6.45) is 6.58. The van der Waals surface area contributed by atoms with Gasteiger partial charge >= 0.3 is 0 Å². The van der Waals surface area contributed by atoms with Gasteiger partial charge < -0.3 is 0 Å². The molecule has 1 atom stereocenters. The van der Waals surface area contributed by atoms with Gasteiger partial charge in [0.05, 0.1) is 12.0 Å². The summed E-state index contributed by atoms with van der Waals surface area (Å²) in [7, 11) is 0. The lowest BCUT2D eigenvalue weighted by Gasteiger charge is -2.25. The molecule has 4 rings (SSSR count). The minimum atomic E-state index is -0.386. The molecule has 0 spiro atoms. The number of anilines is 1. The molecule has 6 nitrogen and oxygen atoms in total. The van der Waals surface area contributed by atoms with Crippen LogP contribution in [0.3, 0.4) is 0 Å². The highest BCUT2D eigenvalue weighted by molar-refractivity contribution is 6.18. The van der Waals surface area contributed by atoms with Crippen molar-refractivity contribution in [1.82, 2.24) is 15.0 Å². The molecule has 3 aromatic heterocycles. The first-order valence-corrected chi connectivity index (χ1v) is 7.55. The van der Waals surface area contributed by atoms with Gasteiger partial charge in [-0.2, -0.15) is 0 Å². The minimum Gasteiger partial charge on any atom is -0.267 e. The van der Waals surface area contributed by atoms with Crippen molar-refractivity contribution in [3.8, 4) is 0 Å². The summed E-state index contributed by atoms with van der Waals surface area (Å²) in [5.41, 5.74) is 1.55. The van der Waals surface area contributed by atoms with Gasteiger partial charge in [0.1, 0.15) is 11.5 Å². The van der Waals surface area contributed by atoms with Crippen LogP contribution >= 0.6 is 0 Å². The van der Waals surface area contributed by atoms with Crippen molar-refractivity contribution in [2.45, 2.75) is 6.17 Å². The summed E-state index contributed by atoms with van der Waals surface area (Å²) < 4.78 is 0. The number of amidine groups is 1. The van der Waals surface area contributed by atoms with Crippen LogP contribution in [0.5, 0.6) is 0 Å². The molecule has 0 bridgehead atoms. The average Bonchev–Trinajstić information content (AvgIpc) is 2.69. The first kappa shape index (κ1) is 14.2. The fourth-order valence-electron chi connectivity index (χ4n) is 2.42. The van der Waals surface area contributed by atoms with Crippen molar-refractivity contribution in [2.75, 3.05) is 4.90 Å². The number of aliphatic imine (C=N–C) groups is 2. The number of pyridine rings is 3. The average molecular weight is 314 g/mol. The molecule has 0 aromatic carbocycles. The van der Waals surface area contributed by atoms with E-state index in [4.69, 9.17) is 4.99 Å². The summed E-state index contributed by atoms with van der Waals surface area (Å²) >= 11 is 0. The van der Waals surface area contributed by atoms with Crippen LogP contribution in [0.15, 0.2) is 83.2 Å². The third-order valence-corrected chi connectivity index (χ3v) is 3.54. The maximum absolute atomic E-state index is 4.76. The van der Waals surface area contributed by atoms with Crippen molar-refractivity contribution in [3.63, 3.8) is 0 Å². The van der Waals surface area contributed by atoms with Crippen LogP contribution in [0.25, 0.3) is 0 Å². The summed E-state index contributed by atoms with van der Waals surface area (Å²) in [6.45, 7) is 0. The largest absolute Gasteiger partial charge is 0.267 e. The molecule has 1 aliphatic rings. The van der Waals surface area contributed by atoms with Gasteiger partial charge in [0.2, 0.25) is 0 Å². The summed E-state index contributed by atoms with van der Waals surface area (Å²) in [4.78, 5) is 24.3. The Balaban J connectivity index is 1.78. The Labute approximate surface area is 139 Å². The maximum atomic E-state index is 4.76. The second kappa shape index (κ2) is 6.37. The Morgan fingerprint density at radius 1 is 0.750 bits per heavy atom. The van der Waals surface area contributed by atoms with Crippen LogP contribution in [-0.2, 0) is 0 Å².